The maximum absolute atomic E-state index is 11.7. The van der Waals surface area contributed by atoms with Crippen LogP contribution in [0.5, 0.6) is 0 Å². The van der Waals surface area contributed by atoms with E-state index in [0.29, 0.717) is 11.8 Å². The van der Waals surface area contributed by atoms with Crippen molar-refractivity contribution < 1.29 is 9.84 Å². The maximum Gasteiger partial charge on any atom is 0.111 e. The molecule has 4 aliphatic rings. The minimum Gasteiger partial charge on any atom is -0.388 e. The average Bonchev–Trinajstić information content (AvgIpc) is 3.42. The van der Waals surface area contributed by atoms with Crippen LogP contribution in [0, 0.1) is 17.3 Å². The third-order valence-corrected chi connectivity index (χ3v) is 10.7. The molecule has 0 radical (unpaired) electrons. The molecule has 3 heteroatoms. The summed E-state index contributed by atoms with van der Waals surface area (Å²) in [5.41, 5.74) is 8.80. The molecular weight excluding hydrogens is 490 g/mol. The zero-order chi connectivity index (χ0) is 29.0. The van der Waals surface area contributed by atoms with E-state index in [2.05, 4.69) is 86.6 Å². The van der Waals surface area contributed by atoms with Gasteiger partial charge in [0, 0.05) is 22.5 Å². The van der Waals surface area contributed by atoms with Crippen molar-refractivity contribution in [2.75, 3.05) is 0 Å². The van der Waals surface area contributed by atoms with E-state index >= 15 is 0 Å². The largest absolute Gasteiger partial charge is 0.388 e. The van der Waals surface area contributed by atoms with Gasteiger partial charge < -0.3 is 9.84 Å². The minimum absolute atomic E-state index is 0.110. The molecule has 4 atom stereocenters. The Labute approximate surface area is 244 Å². The van der Waals surface area contributed by atoms with Gasteiger partial charge in [-0.15, -0.1) is 0 Å². The second-order valence-corrected chi connectivity index (χ2v) is 15.4. The number of fused-ring (bicyclic) bond motifs is 4. The summed E-state index contributed by atoms with van der Waals surface area (Å²) in [6.45, 7) is 20.4. The molecule has 0 bridgehead atoms. The van der Waals surface area contributed by atoms with Crippen LogP contribution in [0.25, 0.3) is 0 Å². The predicted octanol–water partition coefficient (Wildman–Crippen LogP) is 9.84. The fraction of sp³-hybridized carbons (Fsp3) is 0.703. The van der Waals surface area contributed by atoms with Gasteiger partial charge in [-0.3, -0.25) is 4.98 Å². The van der Waals surface area contributed by atoms with Gasteiger partial charge in [0.2, 0.25) is 0 Å². The average molecular weight is 546 g/mol. The van der Waals surface area contributed by atoms with Gasteiger partial charge in [-0.2, -0.15) is 0 Å². The second-order valence-electron chi connectivity index (χ2n) is 15.4. The lowest BCUT2D eigenvalue weighted by atomic mass is 9.58. The molecule has 40 heavy (non-hydrogen) atoms. The van der Waals surface area contributed by atoms with Crippen molar-refractivity contribution >= 4 is 0 Å². The maximum atomic E-state index is 11.7. The number of pyridine rings is 1. The lowest BCUT2D eigenvalue weighted by Gasteiger charge is -2.48. The second kappa shape index (κ2) is 10.8. The summed E-state index contributed by atoms with van der Waals surface area (Å²) < 4.78 is 7.25. The van der Waals surface area contributed by atoms with Gasteiger partial charge in [-0.05, 0) is 90.2 Å². The summed E-state index contributed by atoms with van der Waals surface area (Å²) in [5.74, 6) is 1.64. The Morgan fingerprint density at radius 3 is 2.12 bits per heavy atom. The Kier molecular flexibility index (Phi) is 8.07. The molecule has 6 rings (SSSR count). The summed E-state index contributed by atoms with van der Waals surface area (Å²) in [7, 11) is 0. The smallest absolute Gasteiger partial charge is 0.111 e. The SMILES string of the molecule is CC(C)c1nc2c(c3c1C(c1ccc(C(C)(C)C)cc1)OC31CCCC1C)C(O)CC1(CCC1)C2.CCC(C)C. The van der Waals surface area contributed by atoms with Gasteiger partial charge in [0.25, 0.3) is 0 Å². The van der Waals surface area contributed by atoms with Crippen LogP contribution in [0.15, 0.2) is 24.3 Å². The first kappa shape index (κ1) is 29.8. The summed E-state index contributed by atoms with van der Waals surface area (Å²) in [6, 6.07) is 9.10. The number of rotatable bonds is 3. The molecule has 1 aliphatic heterocycles. The van der Waals surface area contributed by atoms with E-state index in [1.807, 2.05) is 0 Å². The molecule has 2 fully saturated rings. The van der Waals surface area contributed by atoms with Crippen LogP contribution in [0.1, 0.15) is 171 Å². The van der Waals surface area contributed by atoms with E-state index in [4.69, 9.17) is 9.72 Å². The van der Waals surface area contributed by atoms with Crippen LogP contribution in [0.4, 0.5) is 0 Å². The summed E-state index contributed by atoms with van der Waals surface area (Å²) >= 11 is 0. The standard InChI is InChI=1S/C32H43NO2.C5H12/c1-19(2)28-26-27(25-23(33-28)17-31(14-8-15-31)18-24(25)34)32(16-7-9-20(32)3)35-29(26)21-10-12-22(13-11-21)30(4,5)6;1-4-5(2)3/h10-13,19-20,24,29,34H,7-9,14-18H2,1-6H3;5H,4H2,1-3H3. The van der Waals surface area contributed by atoms with Crippen LogP contribution in [-0.4, -0.2) is 10.1 Å². The van der Waals surface area contributed by atoms with E-state index in [1.165, 1.54) is 72.2 Å². The zero-order valence-electron chi connectivity index (χ0n) is 26.9. The van der Waals surface area contributed by atoms with E-state index in [-0.39, 0.29) is 22.5 Å². The van der Waals surface area contributed by atoms with Crippen molar-refractivity contribution in [3.05, 3.63) is 63.5 Å². The van der Waals surface area contributed by atoms with Crippen LogP contribution in [0.2, 0.25) is 0 Å². The van der Waals surface area contributed by atoms with Crippen LogP contribution < -0.4 is 0 Å². The third kappa shape index (κ3) is 5.08. The van der Waals surface area contributed by atoms with Crippen molar-refractivity contribution in [2.24, 2.45) is 17.3 Å². The summed E-state index contributed by atoms with van der Waals surface area (Å²) in [5, 5.41) is 11.7. The van der Waals surface area contributed by atoms with Crippen molar-refractivity contribution in [1.82, 2.24) is 4.98 Å². The lowest BCUT2D eigenvalue weighted by Crippen LogP contribution is -2.40. The number of benzene rings is 1. The highest BCUT2D eigenvalue weighted by molar-refractivity contribution is 5.55. The first-order valence-corrected chi connectivity index (χ1v) is 16.3. The number of aromatic nitrogens is 1. The summed E-state index contributed by atoms with van der Waals surface area (Å²) in [6.07, 6.45) is 9.88. The molecule has 220 valence electrons. The number of ether oxygens (including phenoxy) is 1. The number of hydrogen-bond acceptors (Lipinski definition) is 3. The highest BCUT2D eigenvalue weighted by Gasteiger charge is 2.56. The highest BCUT2D eigenvalue weighted by atomic mass is 16.5. The molecule has 0 saturated heterocycles. The fourth-order valence-corrected chi connectivity index (χ4v) is 7.75. The quantitative estimate of drug-likeness (QED) is 0.417. The Balaban J connectivity index is 0.000000595. The van der Waals surface area contributed by atoms with Crippen molar-refractivity contribution in [2.45, 2.75) is 149 Å². The molecule has 2 heterocycles. The molecular formula is C37H55NO2. The molecule has 1 aromatic heterocycles. The third-order valence-electron chi connectivity index (χ3n) is 10.7. The van der Waals surface area contributed by atoms with Crippen LogP contribution in [0.3, 0.4) is 0 Å². The van der Waals surface area contributed by atoms with E-state index in [0.717, 1.165) is 30.7 Å². The Morgan fingerprint density at radius 1 is 1.00 bits per heavy atom. The molecule has 1 N–H and O–H groups in total. The van der Waals surface area contributed by atoms with Gasteiger partial charge in [0.05, 0.1) is 11.7 Å². The van der Waals surface area contributed by atoms with Gasteiger partial charge in [0.15, 0.2) is 0 Å². The zero-order valence-corrected chi connectivity index (χ0v) is 26.9. The van der Waals surface area contributed by atoms with Gasteiger partial charge in [-0.25, -0.2) is 0 Å². The highest BCUT2D eigenvalue weighted by Crippen LogP contribution is 2.62. The van der Waals surface area contributed by atoms with Gasteiger partial charge in [-0.1, -0.05) is 99.4 Å². The Bertz CT molecular complexity index is 1200. The molecule has 2 spiro atoms. The van der Waals surface area contributed by atoms with Crippen molar-refractivity contribution in [3.8, 4) is 0 Å². The first-order chi connectivity index (χ1) is 18.8. The number of hydrogen-bond donors (Lipinski definition) is 1. The molecule has 1 aromatic carbocycles. The molecule has 3 nitrogen and oxygen atoms in total. The van der Waals surface area contributed by atoms with E-state index in [9.17, 15) is 5.11 Å². The van der Waals surface area contributed by atoms with Crippen molar-refractivity contribution in [3.63, 3.8) is 0 Å². The summed E-state index contributed by atoms with van der Waals surface area (Å²) in [4.78, 5) is 5.38. The number of nitrogens with zero attached hydrogens (tertiary/aromatic N) is 1. The Hall–Kier alpha value is -1.71. The monoisotopic (exact) mass is 545 g/mol. The fourth-order valence-electron chi connectivity index (χ4n) is 7.75. The molecule has 0 amide bonds. The first-order valence-electron chi connectivity index (χ1n) is 16.3. The predicted molar refractivity (Wildman–Crippen MR) is 166 cm³/mol. The minimum atomic E-state index is -0.420. The Morgan fingerprint density at radius 2 is 1.65 bits per heavy atom. The number of aliphatic hydroxyl groups is 1. The molecule has 3 aliphatic carbocycles. The molecule has 2 saturated carbocycles. The topological polar surface area (TPSA) is 42.4 Å². The van der Waals surface area contributed by atoms with Gasteiger partial charge >= 0.3 is 0 Å². The normalized spacial score (nSPS) is 28.4. The van der Waals surface area contributed by atoms with Crippen LogP contribution >= 0.6 is 0 Å². The molecule has 4 unspecified atom stereocenters. The number of aliphatic hydroxyl groups excluding tert-OH is 1. The van der Waals surface area contributed by atoms with Crippen molar-refractivity contribution in [1.29, 1.82) is 0 Å². The lowest BCUT2D eigenvalue weighted by molar-refractivity contribution is -0.0846. The van der Waals surface area contributed by atoms with E-state index < -0.39 is 6.10 Å². The van der Waals surface area contributed by atoms with Gasteiger partial charge in [0.1, 0.15) is 6.10 Å². The molecule has 2 aromatic rings. The van der Waals surface area contributed by atoms with E-state index in [1.54, 1.807) is 0 Å². The van der Waals surface area contributed by atoms with Crippen LogP contribution in [-0.2, 0) is 22.2 Å².